The van der Waals surface area contributed by atoms with Crippen molar-refractivity contribution in [1.29, 1.82) is 0 Å². The molecule has 0 aromatic carbocycles. The van der Waals surface area contributed by atoms with Crippen LogP contribution in [0.4, 0.5) is 13.2 Å². The first-order valence-electron chi connectivity index (χ1n) is 6.20. The fourth-order valence-corrected chi connectivity index (χ4v) is 1.35. The SMILES string of the molecule is CC(C)NC(=O)/C=C(\F)CCC(C)NC(=O)C=C(F)F. The number of hydrogen-bond donors (Lipinski definition) is 2. The number of hydrogen-bond acceptors (Lipinski definition) is 2. The molecule has 1 unspecified atom stereocenters. The molecule has 0 aliphatic rings. The largest absolute Gasteiger partial charge is 0.350 e. The predicted octanol–water partition coefficient (Wildman–Crippen LogP) is 2.43. The lowest BCUT2D eigenvalue weighted by atomic mass is 10.1. The first kappa shape index (κ1) is 18.2. The van der Waals surface area contributed by atoms with Gasteiger partial charge in [0.15, 0.2) is 0 Å². The molecule has 0 aliphatic heterocycles. The van der Waals surface area contributed by atoms with Gasteiger partial charge in [0.05, 0.1) is 6.08 Å². The third kappa shape index (κ3) is 10.2. The van der Waals surface area contributed by atoms with Crippen LogP contribution in [0.2, 0.25) is 0 Å². The molecule has 0 bridgehead atoms. The zero-order chi connectivity index (χ0) is 15.7. The zero-order valence-corrected chi connectivity index (χ0v) is 11.7. The lowest BCUT2D eigenvalue weighted by Crippen LogP contribution is -2.31. The molecule has 0 fully saturated rings. The van der Waals surface area contributed by atoms with Gasteiger partial charge in [-0.25, -0.2) is 4.39 Å². The van der Waals surface area contributed by atoms with Crippen LogP contribution in [-0.4, -0.2) is 23.9 Å². The molecule has 1 atom stereocenters. The lowest BCUT2D eigenvalue weighted by molar-refractivity contribution is -0.118. The van der Waals surface area contributed by atoms with Crippen LogP contribution < -0.4 is 10.6 Å². The Morgan fingerprint density at radius 3 is 2.05 bits per heavy atom. The molecule has 0 saturated carbocycles. The quantitative estimate of drug-likeness (QED) is 0.708. The summed E-state index contributed by atoms with van der Waals surface area (Å²) in [6.45, 7) is 5.06. The molecule has 0 radical (unpaired) electrons. The number of carbonyl (C=O) groups is 2. The van der Waals surface area contributed by atoms with E-state index < -0.39 is 29.8 Å². The van der Waals surface area contributed by atoms with Crippen molar-refractivity contribution >= 4 is 11.8 Å². The number of halogens is 3. The fourth-order valence-electron chi connectivity index (χ4n) is 1.35. The maximum absolute atomic E-state index is 13.4. The van der Waals surface area contributed by atoms with Crippen molar-refractivity contribution in [1.82, 2.24) is 10.6 Å². The van der Waals surface area contributed by atoms with E-state index in [-0.39, 0.29) is 25.0 Å². The summed E-state index contributed by atoms with van der Waals surface area (Å²) in [5.74, 6) is -2.09. The van der Waals surface area contributed by atoms with E-state index >= 15 is 0 Å². The first-order chi connectivity index (χ1) is 9.20. The van der Waals surface area contributed by atoms with Crippen LogP contribution in [0.25, 0.3) is 0 Å². The molecule has 0 heterocycles. The standard InChI is InChI=1S/C13H19F3N2O2/c1-8(2)17-12(19)6-10(14)5-4-9(3)18-13(20)7-11(15)16/h6-9H,4-5H2,1-3H3,(H,17,19)(H,18,20)/b10-6-. The minimum atomic E-state index is -2.09. The molecule has 0 spiro atoms. The predicted molar refractivity (Wildman–Crippen MR) is 69.6 cm³/mol. The van der Waals surface area contributed by atoms with E-state index in [1.54, 1.807) is 20.8 Å². The van der Waals surface area contributed by atoms with Gasteiger partial charge in [-0.3, -0.25) is 9.59 Å². The van der Waals surface area contributed by atoms with Crippen LogP contribution in [0.1, 0.15) is 33.6 Å². The molecule has 2 amide bonds. The Balaban J connectivity index is 4.14. The Morgan fingerprint density at radius 2 is 1.55 bits per heavy atom. The summed E-state index contributed by atoms with van der Waals surface area (Å²) in [7, 11) is 0. The second-order valence-corrected chi connectivity index (χ2v) is 4.64. The van der Waals surface area contributed by atoms with Gasteiger partial charge in [-0.2, -0.15) is 8.78 Å². The first-order valence-corrected chi connectivity index (χ1v) is 6.20. The highest BCUT2D eigenvalue weighted by Gasteiger charge is 2.09. The van der Waals surface area contributed by atoms with Gasteiger partial charge in [0.2, 0.25) is 11.8 Å². The molecule has 2 N–H and O–H groups in total. The smallest absolute Gasteiger partial charge is 0.275 e. The lowest BCUT2D eigenvalue weighted by Gasteiger charge is -2.11. The van der Waals surface area contributed by atoms with Crippen LogP contribution in [0.3, 0.4) is 0 Å². The Labute approximate surface area is 116 Å². The van der Waals surface area contributed by atoms with E-state index in [0.717, 1.165) is 6.08 Å². The van der Waals surface area contributed by atoms with Crippen LogP contribution in [0.15, 0.2) is 24.1 Å². The molecular formula is C13H19F3N2O2. The average molecular weight is 292 g/mol. The van der Waals surface area contributed by atoms with Crippen molar-refractivity contribution in [3.05, 3.63) is 24.1 Å². The number of amides is 2. The highest BCUT2D eigenvalue weighted by atomic mass is 19.3. The second kappa shape index (κ2) is 9.17. The number of rotatable bonds is 7. The minimum absolute atomic E-state index is 0.0607. The van der Waals surface area contributed by atoms with E-state index in [1.165, 1.54) is 0 Å². The van der Waals surface area contributed by atoms with E-state index in [2.05, 4.69) is 10.6 Å². The number of carbonyl (C=O) groups excluding carboxylic acids is 2. The molecule has 0 rings (SSSR count). The highest BCUT2D eigenvalue weighted by molar-refractivity contribution is 5.88. The van der Waals surface area contributed by atoms with Crippen LogP contribution in [0.5, 0.6) is 0 Å². The Morgan fingerprint density at radius 1 is 1.00 bits per heavy atom. The zero-order valence-electron chi connectivity index (χ0n) is 11.7. The molecule has 0 aliphatic carbocycles. The van der Waals surface area contributed by atoms with E-state index in [1.807, 2.05) is 0 Å². The minimum Gasteiger partial charge on any atom is -0.350 e. The van der Waals surface area contributed by atoms with Crippen molar-refractivity contribution in [3.8, 4) is 0 Å². The molecule has 20 heavy (non-hydrogen) atoms. The van der Waals surface area contributed by atoms with Gasteiger partial charge in [-0.05, 0) is 27.2 Å². The second-order valence-electron chi connectivity index (χ2n) is 4.64. The van der Waals surface area contributed by atoms with Crippen molar-refractivity contribution in [3.63, 3.8) is 0 Å². The number of allylic oxidation sites excluding steroid dienone is 1. The van der Waals surface area contributed by atoms with Crippen LogP contribution in [-0.2, 0) is 9.59 Å². The van der Waals surface area contributed by atoms with E-state index in [9.17, 15) is 22.8 Å². The highest BCUT2D eigenvalue weighted by Crippen LogP contribution is 2.09. The molecule has 0 aromatic heterocycles. The monoisotopic (exact) mass is 292 g/mol. The van der Waals surface area contributed by atoms with Crippen molar-refractivity contribution in [2.24, 2.45) is 0 Å². The van der Waals surface area contributed by atoms with E-state index in [0.29, 0.717) is 0 Å². The Bertz CT molecular complexity index is 402. The van der Waals surface area contributed by atoms with Gasteiger partial charge in [-0.1, -0.05) is 0 Å². The van der Waals surface area contributed by atoms with Gasteiger partial charge >= 0.3 is 0 Å². The Hall–Kier alpha value is -1.79. The summed E-state index contributed by atoms with van der Waals surface area (Å²) in [5.41, 5.74) is 0. The van der Waals surface area contributed by atoms with Crippen LogP contribution in [0, 0.1) is 0 Å². The molecule has 114 valence electrons. The summed E-state index contributed by atoms with van der Waals surface area (Å²) in [6.07, 6.45) is -0.945. The van der Waals surface area contributed by atoms with Gasteiger partial charge in [-0.15, -0.1) is 0 Å². The van der Waals surface area contributed by atoms with Gasteiger partial charge < -0.3 is 10.6 Å². The van der Waals surface area contributed by atoms with Crippen LogP contribution >= 0.6 is 0 Å². The summed E-state index contributed by atoms with van der Waals surface area (Å²) >= 11 is 0. The third-order valence-corrected chi connectivity index (χ3v) is 2.16. The maximum Gasteiger partial charge on any atom is 0.275 e. The third-order valence-electron chi connectivity index (χ3n) is 2.16. The summed E-state index contributed by atoms with van der Waals surface area (Å²) < 4.78 is 36.9. The van der Waals surface area contributed by atoms with Gasteiger partial charge in [0, 0.05) is 24.6 Å². The normalized spacial score (nSPS) is 12.8. The molecule has 0 saturated heterocycles. The van der Waals surface area contributed by atoms with Crippen molar-refractivity contribution < 1.29 is 22.8 Å². The summed E-state index contributed by atoms with van der Waals surface area (Å²) in [6, 6.07) is -0.572. The summed E-state index contributed by atoms with van der Waals surface area (Å²) in [5, 5.41) is 4.76. The molecule has 0 aromatic rings. The maximum atomic E-state index is 13.4. The fraction of sp³-hybridized carbons (Fsp3) is 0.538. The van der Waals surface area contributed by atoms with Gasteiger partial charge in [0.25, 0.3) is 6.08 Å². The number of nitrogens with one attached hydrogen (secondary N) is 2. The molecular weight excluding hydrogens is 273 g/mol. The average Bonchev–Trinajstić information content (AvgIpc) is 2.23. The Kier molecular flexibility index (Phi) is 8.35. The van der Waals surface area contributed by atoms with E-state index in [4.69, 9.17) is 0 Å². The molecule has 7 heteroatoms. The van der Waals surface area contributed by atoms with Crippen molar-refractivity contribution in [2.45, 2.75) is 45.7 Å². The summed E-state index contributed by atoms with van der Waals surface area (Å²) in [4.78, 5) is 22.2. The van der Waals surface area contributed by atoms with Crippen molar-refractivity contribution in [2.75, 3.05) is 0 Å². The molecule has 4 nitrogen and oxygen atoms in total. The topological polar surface area (TPSA) is 58.2 Å². The van der Waals surface area contributed by atoms with Gasteiger partial charge in [0.1, 0.15) is 5.83 Å².